The molecule has 1 saturated heterocycles. The summed E-state index contributed by atoms with van der Waals surface area (Å²) in [6, 6.07) is 0. The van der Waals surface area contributed by atoms with Crippen molar-refractivity contribution in [3.63, 3.8) is 0 Å². The Hall–Kier alpha value is 0.250. The topological polar surface area (TPSA) is 12.0 Å². The first kappa shape index (κ1) is 5.99. The molecule has 0 aromatic heterocycles. The summed E-state index contributed by atoms with van der Waals surface area (Å²) in [6.45, 7) is 1.17. The van der Waals surface area contributed by atoms with Gasteiger partial charge in [0.25, 0.3) is 0 Å². The fourth-order valence-corrected chi connectivity index (χ4v) is 2.54. The minimum atomic E-state index is 0.289. The van der Waals surface area contributed by atoms with E-state index in [0.717, 1.165) is 11.8 Å². The number of rotatable bonds is 0. The van der Waals surface area contributed by atoms with Gasteiger partial charge in [0.2, 0.25) is 0 Å². The Balaban J connectivity index is 2.07. The van der Waals surface area contributed by atoms with E-state index in [-0.39, 0.29) is 5.50 Å². The maximum absolute atomic E-state index is 6.00. The van der Waals surface area contributed by atoms with Crippen LogP contribution in [-0.2, 0) is 0 Å². The molecule has 3 atom stereocenters. The highest BCUT2D eigenvalue weighted by Gasteiger charge is 2.37. The van der Waals surface area contributed by atoms with Gasteiger partial charge in [-0.05, 0) is 31.2 Å². The smallest absolute Gasteiger partial charge is 0.0857 e. The van der Waals surface area contributed by atoms with E-state index >= 15 is 0 Å². The minimum Gasteiger partial charge on any atom is -0.301 e. The van der Waals surface area contributed by atoms with E-state index in [1.165, 1.54) is 25.8 Å². The molecular weight excluding hydrogens is 134 g/mol. The summed E-state index contributed by atoms with van der Waals surface area (Å²) in [6.07, 6.45) is 4.16. The van der Waals surface area contributed by atoms with E-state index in [2.05, 4.69) is 5.32 Å². The highest BCUT2D eigenvalue weighted by Crippen LogP contribution is 2.38. The van der Waals surface area contributed by atoms with Crippen LogP contribution in [0, 0.1) is 11.8 Å². The lowest BCUT2D eigenvalue weighted by atomic mass is 10.0. The molecule has 1 saturated carbocycles. The zero-order valence-corrected chi connectivity index (χ0v) is 6.19. The van der Waals surface area contributed by atoms with E-state index in [9.17, 15) is 0 Å². The molecule has 9 heavy (non-hydrogen) atoms. The third kappa shape index (κ3) is 0.870. The van der Waals surface area contributed by atoms with Crippen molar-refractivity contribution < 1.29 is 0 Å². The molecule has 0 aromatic carbocycles. The average molecular weight is 146 g/mol. The van der Waals surface area contributed by atoms with Crippen molar-refractivity contribution in [1.82, 2.24) is 5.32 Å². The molecule has 1 aliphatic heterocycles. The van der Waals surface area contributed by atoms with Crippen molar-refractivity contribution in [2.45, 2.75) is 24.8 Å². The number of fused-ring (bicyclic) bond motifs is 1. The Labute approximate surface area is 60.8 Å². The van der Waals surface area contributed by atoms with E-state index in [4.69, 9.17) is 11.6 Å². The van der Waals surface area contributed by atoms with Crippen LogP contribution in [0.2, 0.25) is 0 Å². The summed E-state index contributed by atoms with van der Waals surface area (Å²) in [5.74, 6) is 1.71. The van der Waals surface area contributed by atoms with Gasteiger partial charge in [0, 0.05) is 0 Å². The van der Waals surface area contributed by atoms with Crippen LogP contribution in [0.3, 0.4) is 0 Å². The van der Waals surface area contributed by atoms with Gasteiger partial charge in [-0.3, -0.25) is 0 Å². The van der Waals surface area contributed by atoms with Crippen LogP contribution in [0.5, 0.6) is 0 Å². The van der Waals surface area contributed by atoms with Gasteiger partial charge < -0.3 is 5.32 Å². The minimum absolute atomic E-state index is 0.289. The van der Waals surface area contributed by atoms with E-state index in [1.54, 1.807) is 0 Å². The summed E-state index contributed by atoms with van der Waals surface area (Å²) in [5.41, 5.74) is 0.289. The van der Waals surface area contributed by atoms with Gasteiger partial charge in [0.05, 0.1) is 5.50 Å². The van der Waals surface area contributed by atoms with Gasteiger partial charge in [0.15, 0.2) is 0 Å². The Bertz CT molecular complexity index is 115. The van der Waals surface area contributed by atoms with Gasteiger partial charge in [-0.15, -0.1) is 11.6 Å². The van der Waals surface area contributed by atoms with Gasteiger partial charge in [-0.25, -0.2) is 0 Å². The van der Waals surface area contributed by atoms with E-state index in [0.29, 0.717) is 0 Å². The molecule has 0 amide bonds. The third-order valence-electron chi connectivity index (χ3n) is 2.67. The average Bonchev–Trinajstić information content (AvgIpc) is 2.35. The first-order valence-electron chi connectivity index (χ1n) is 3.75. The quantitative estimate of drug-likeness (QED) is 0.403. The number of hydrogen-bond donors (Lipinski definition) is 1. The van der Waals surface area contributed by atoms with Crippen LogP contribution in [0.25, 0.3) is 0 Å². The van der Waals surface area contributed by atoms with Gasteiger partial charge in [-0.2, -0.15) is 0 Å². The molecule has 1 heterocycles. The standard InChI is InChI=1S/C7H12ClN/c8-7-6-3-1-2-5(6)4-9-7/h5-7,9H,1-4H2. The Morgan fingerprint density at radius 1 is 1.33 bits per heavy atom. The second-order valence-electron chi connectivity index (χ2n) is 3.16. The Morgan fingerprint density at radius 3 is 3.00 bits per heavy atom. The number of nitrogens with one attached hydrogen (secondary N) is 1. The first-order chi connectivity index (χ1) is 4.38. The molecule has 0 bridgehead atoms. The van der Waals surface area contributed by atoms with Crippen molar-refractivity contribution in [2.24, 2.45) is 11.8 Å². The maximum Gasteiger partial charge on any atom is 0.0857 e. The van der Waals surface area contributed by atoms with E-state index in [1.807, 2.05) is 0 Å². The van der Waals surface area contributed by atoms with Crippen molar-refractivity contribution in [3.8, 4) is 0 Å². The maximum atomic E-state index is 6.00. The van der Waals surface area contributed by atoms with Crippen molar-refractivity contribution >= 4 is 11.6 Å². The van der Waals surface area contributed by atoms with Crippen LogP contribution in [0.15, 0.2) is 0 Å². The highest BCUT2D eigenvalue weighted by atomic mass is 35.5. The number of alkyl halides is 1. The summed E-state index contributed by atoms with van der Waals surface area (Å²) < 4.78 is 0. The monoisotopic (exact) mass is 145 g/mol. The lowest BCUT2D eigenvalue weighted by Crippen LogP contribution is -2.19. The molecule has 2 fully saturated rings. The lowest BCUT2D eigenvalue weighted by molar-refractivity contribution is 0.476. The molecule has 52 valence electrons. The predicted octanol–water partition coefficient (Wildman–Crippen LogP) is 1.57. The highest BCUT2D eigenvalue weighted by molar-refractivity contribution is 6.20. The Morgan fingerprint density at radius 2 is 2.22 bits per heavy atom. The Kier molecular flexibility index (Phi) is 1.42. The van der Waals surface area contributed by atoms with Crippen LogP contribution < -0.4 is 5.32 Å². The fraction of sp³-hybridized carbons (Fsp3) is 1.00. The molecule has 0 spiro atoms. The predicted molar refractivity (Wildman–Crippen MR) is 38.5 cm³/mol. The molecule has 2 rings (SSSR count). The third-order valence-corrected chi connectivity index (χ3v) is 3.15. The summed E-state index contributed by atoms with van der Waals surface area (Å²) in [5, 5.41) is 3.29. The van der Waals surface area contributed by atoms with E-state index < -0.39 is 0 Å². The second-order valence-corrected chi connectivity index (χ2v) is 3.64. The van der Waals surface area contributed by atoms with Crippen molar-refractivity contribution in [3.05, 3.63) is 0 Å². The largest absolute Gasteiger partial charge is 0.301 e. The summed E-state index contributed by atoms with van der Waals surface area (Å²) in [4.78, 5) is 0. The molecule has 0 aromatic rings. The number of hydrogen-bond acceptors (Lipinski definition) is 1. The van der Waals surface area contributed by atoms with Gasteiger partial charge >= 0.3 is 0 Å². The van der Waals surface area contributed by atoms with Gasteiger partial charge in [0.1, 0.15) is 0 Å². The lowest BCUT2D eigenvalue weighted by Gasteiger charge is -2.08. The molecule has 1 N–H and O–H groups in total. The molecule has 0 radical (unpaired) electrons. The second kappa shape index (κ2) is 2.14. The van der Waals surface area contributed by atoms with Crippen molar-refractivity contribution in [2.75, 3.05) is 6.54 Å². The molecule has 1 aliphatic carbocycles. The fourth-order valence-electron chi connectivity index (χ4n) is 2.12. The molecule has 2 heteroatoms. The van der Waals surface area contributed by atoms with Crippen LogP contribution >= 0.6 is 11.6 Å². The summed E-state index contributed by atoms with van der Waals surface area (Å²) >= 11 is 6.00. The van der Waals surface area contributed by atoms with Crippen LogP contribution in [-0.4, -0.2) is 12.0 Å². The van der Waals surface area contributed by atoms with Gasteiger partial charge in [-0.1, -0.05) is 6.42 Å². The molecule has 3 unspecified atom stereocenters. The number of halogens is 1. The molecule has 1 nitrogen and oxygen atoms in total. The SMILES string of the molecule is ClC1NCC2CCCC21. The normalized spacial score (nSPS) is 49.7. The zero-order valence-electron chi connectivity index (χ0n) is 5.44. The molecule has 2 aliphatic rings. The van der Waals surface area contributed by atoms with Crippen molar-refractivity contribution in [1.29, 1.82) is 0 Å². The molecular formula is C7H12ClN. The van der Waals surface area contributed by atoms with Crippen LogP contribution in [0.4, 0.5) is 0 Å². The summed E-state index contributed by atoms with van der Waals surface area (Å²) in [7, 11) is 0. The first-order valence-corrected chi connectivity index (χ1v) is 4.19. The van der Waals surface area contributed by atoms with Crippen LogP contribution in [0.1, 0.15) is 19.3 Å². The zero-order chi connectivity index (χ0) is 6.27.